The van der Waals surface area contributed by atoms with Gasteiger partial charge in [0.2, 0.25) is 0 Å². The molecule has 1 aromatic heterocycles. The van der Waals surface area contributed by atoms with E-state index in [4.69, 9.17) is 4.98 Å². The highest BCUT2D eigenvalue weighted by Gasteiger charge is 2.27. The van der Waals surface area contributed by atoms with Crippen LogP contribution in [0.2, 0.25) is 0 Å². The first-order chi connectivity index (χ1) is 13.6. The summed E-state index contributed by atoms with van der Waals surface area (Å²) in [6.07, 6.45) is 0. The molecule has 154 valence electrons. The van der Waals surface area contributed by atoms with Crippen molar-refractivity contribution in [2.75, 3.05) is 0 Å². The van der Waals surface area contributed by atoms with E-state index in [0.29, 0.717) is 5.75 Å². The first-order valence-electron chi connectivity index (χ1n) is 10.1. The molecular formula is C25H32N2OS. The highest BCUT2D eigenvalue weighted by atomic mass is 32.1. The molecular weight excluding hydrogens is 376 g/mol. The number of aromatic hydroxyl groups is 1. The molecule has 0 bridgehead atoms. The van der Waals surface area contributed by atoms with E-state index in [-0.39, 0.29) is 10.8 Å². The molecule has 29 heavy (non-hydrogen) atoms. The van der Waals surface area contributed by atoms with Gasteiger partial charge in [-0.2, -0.15) is 0 Å². The fraction of sp³-hybridized carbons (Fsp3) is 0.400. The van der Waals surface area contributed by atoms with Crippen molar-refractivity contribution < 1.29 is 5.11 Å². The molecule has 0 saturated carbocycles. The molecule has 0 saturated heterocycles. The van der Waals surface area contributed by atoms with Gasteiger partial charge in [0.1, 0.15) is 10.8 Å². The Labute approximate surface area is 178 Å². The maximum atomic E-state index is 10.9. The SMILES string of the molecule is CC(C)(C)c1cc(-c2csc(CNCc3ccccc3)n2)cc(C(C)(C)C)c1O. The third-order valence-electron chi connectivity index (χ3n) is 5.02. The number of nitrogens with one attached hydrogen (secondary N) is 1. The standard InChI is InChI=1S/C25H32N2OS/c1-24(2,3)19-12-18(13-20(23(19)28)25(4,5)6)21-16-29-22(27-21)15-26-14-17-10-8-7-9-11-17/h7-13,16,26,28H,14-15H2,1-6H3. The van der Waals surface area contributed by atoms with Crippen LogP contribution in [0.3, 0.4) is 0 Å². The average molecular weight is 409 g/mol. The second-order valence-electron chi connectivity index (χ2n) is 9.64. The first-order valence-corrected chi connectivity index (χ1v) is 11.0. The Balaban J connectivity index is 1.85. The van der Waals surface area contributed by atoms with Gasteiger partial charge in [-0.1, -0.05) is 71.9 Å². The van der Waals surface area contributed by atoms with Gasteiger partial charge in [-0.15, -0.1) is 11.3 Å². The third-order valence-corrected chi connectivity index (χ3v) is 5.87. The van der Waals surface area contributed by atoms with Crippen molar-refractivity contribution in [3.63, 3.8) is 0 Å². The van der Waals surface area contributed by atoms with Crippen molar-refractivity contribution in [1.29, 1.82) is 0 Å². The van der Waals surface area contributed by atoms with E-state index in [1.807, 2.05) is 6.07 Å². The number of hydrogen-bond acceptors (Lipinski definition) is 4. The number of rotatable bonds is 5. The molecule has 3 rings (SSSR count). The Kier molecular flexibility index (Phi) is 6.16. The number of nitrogens with zero attached hydrogens (tertiary/aromatic N) is 1. The molecule has 0 amide bonds. The van der Waals surface area contributed by atoms with Gasteiger partial charge >= 0.3 is 0 Å². The molecule has 0 aliphatic carbocycles. The lowest BCUT2D eigenvalue weighted by molar-refractivity contribution is 0.423. The summed E-state index contributed by atoms with van der Waals surface area (Å²) in [6.45, 7) is 14.4. The fourth-order valence-corrected chi connectivity index (χ4v) is 4.13. The quantitative estimate of drug-likeness (QED) is 0.513. The zero-order valence-electron chi connectivity index (χ0n) is 18.3. The molecule has 3 nitrogen and oxygen atoms in total. The van der Waals surface area contributed by atoms with Gasteiger partial charge in [0.15, 0.2) is 0 Å². The molecule has 1 heterocycles. The lowest BCUT2D eigenvalue weighted by atomic mass is 9.78. The number of hydrogen-bond donors (Lipinski definition) is 2. The number of aromatic nitrogens is 1. The largest absolute Gasteiger partial charge is 0.507 e. The summed E-state index contributed by atoms with van der Waals surface area (Å²) in [5.74, 6) is 0.411. The summed E-state index contributed by atoms with van der Waals surface area (Å²) >= 11 is 1.67. The normalized spacial score (nSPS) is 12.3. The zero-order chi connectivity index (χ0) is 21.2. The van der Waals surface area contributed by atoms with Crippen molar-refractivity contribution in [1.82, 2.24) is 10.3 Å². The topological polar surface area (TPSA) is 45.2 Å². The highest BCUT2D eigenvalue weighted by Crippen LogP contribution is 2.42. The molecule has 0 radical (unpaired) electrons. The maximum absolute atomic E-state index is 10.9. The van der Waals surface area contributed by atoms with Crippen LogP contribution in [-0.4, -0.2) is 10.1 Å². The molecule has 4 heteroatoms. The Hall–Kier alpha value is -2.17. The fourth-order valence-electron chi connectivity index (χ4n) is 3.36. The highest BCUT2D eigenvalue weighted by molar-refractivity contribution is 7.09. The summed E-state index contributed by atoms with van der Waals surface area (Å²) in [4.78, 5) is 4.86. The van der Waals surface area contributed by atoms with Crippen molar-refractivity contribution in [3.05, 3.63) is 69.5 Å². The number of benzene rings is 2. The van der Waals surface area contributed by atoms with E-state index in [2.05, 4.69) is 88.6 Å². The average Bonchev–Trinajstić information content (AvgIpc) is 3.10. The van der Waals surface area contributed by atoms with Gasteiger partial charge in [0, 0.05) is 35.2 Å². The molecule has 2 aromatic carbocycles. The van der Waals surface area contributed by atoms with E-state index in [0.717, 1.165) is 40.5 Å². The number of thiazole rings is 1. The van der Waals surface area contributed by atoms with Crippen LogP contribution in [0.1, 0.15) is 63.2 Å². The summed E-state index contributed by atoms with van der Waals surface area (Å²) in [5.41, 5.74) is 4.97. The van der Waals surface area contributed by atoms with Crippen molar-refractivity contribution in [3.8, 4) is 17.0 Å². The van der Waals surface area contributed by atoms with E-state index in [1.165, 1.54) is 5.56 Å². The van der Waals surface area contributed by atoms with Crippen LogP contribution in [-0.2, 0) is 23.9 Å². The van der Waals surface area contributed by atoms with Gasteiger partial charge in [0.05, 0.1) is 5.69 Å². The minimum absolute atomic E-state index is 0.143. The Morgan fingerprint density at radius 2 is 1.48 bits per heavy atom. The van der Waals surface area contributed by atoms with Gasteiger partial charge < -0.3 is 10.4 Å². The second kappa shape index (κ2) is 8.29. The number of phenolic OH excluding ortho intramolecular Hbond substituents is 1. The summed E-state index contributed by atoms with van der Waals surface area (Å²) < 4.78 is 0. The predicted molar refractivity (Wildman–Crippen MR) is 124 cm³/mol. The van der Waals surface area contributed by atoms with Gasteiger partial charge in [-0.05, 0) is 28.5 Å². The van der Waals surface area contributed by atoms with Gasteiger partial charge in [0.25, 0.3) is 0 Å². The molecule has 0 aliphatic heterocycles. The van der Waals surface area contributed by atoms with Crippen molar-refractivity contribution in [2.45, 2.75) is 65.5 Å². The molecule has 0 spiro atoms. The van der Waals surface area contributed by atoms with Crippen molar-refractivity contribution >= 4 is 11.3 Å². The summed E-state index contributed by atoms with van der Waals surface area (Å²) in [6, 6.07) is 14.6. The van der Waals surface area contributed by atoms with Crippen LogP contribution < -0.4 is 5.32 Å². The molecule has 0 atom stereocenters. The molecule has 0 unspecified atom stereocenters. The number of phenols is 1. The minimum Gasteiger partial charge on any atom is -0.507 e. The van der Waals surface area contributed by atoms with E-state index in [9.17, 15) is 5.11 Å². The van der Waals surface area contributed by atoms with Crippen LogP contribution in [0.25, 0.3) is 11.3 Å². The van der Waals surface area contributed by atoms with E-state index in [1.54, 1.807) is 11.3 Å². The summed E-state index contributed by atoms with van der Waals surface area (Å²) in [7, 11) is 0. The van der Waals surface area contributed by atoms with Crippen LogP contribution >= 0.6 is 11.3 Å². The Morgan fingerprint density at radius 3 is 2.03 bits per heavy atom. The van der Waals surface area contributed by atoms with Gasteiger partial charge in [-0.25, -0.2) is 4.98 Å². The lowest BCUT2D eigenvalue weighted by Gasteiger charge is -2.28. The van der Waals surface area contributed by atoms with Crippen LogP contribution in [0.15, 0.2) is 47.8 Å². The molecule has 2 N–H and O–H groups in total. The molecule has 0 fully saturated rings. The van der Waals surface area contributed by atoms with Gasteiger partial charge in [-0.3, -0.25) is 0 Å². The van der Waals surface area contributed by atoms with Crippen LogP contribution in [0.5, 0.6) is 5.75 Å². The lowest BCUT2D eigenvalue weighted by Crippen LogP contribution is -2.17. The van der Waals surface area contributed by atoms with E-state index >= 15 is 0 Å². The molecule has 0 aliphatic rings. The third kappa shape index (κ3) is 5.26. The first kappa shape index (κ1) is 21.5. The monoisotopic (exact) mass is 408 g/mol. The Morgan fingerprint density at radius 1 is 0.897 bits per heavy atom. The summed E-state index contributed by atoms with van der Waals surface area (Å²) in [5, 5.41) is 17.6. The predicted octanol–water partition coefficient (Wildman–Crippen LogP) is 6.40. The zero-order valence-corrected chi connectivity index (χ0v) is 19.2. The van der Waals surface area contributed by atoms with Crippen molar-refractivity contribution in [2.24, 2.45) is 0 Å². The molecule has 3 aromatic rings. The Bertz CT molecular complexity index is 927. The van der Waals surface area contributed by atoms with Crippen LogP contribution in [0.4, 0.5) is 0 Å². The van der Waals surface area contributed by atoms with Crippen LogP contribution in [0, 0.1) is 0 Å². The maximum Gasteiger partial charge on any atom is 0.123 e. The minimum atomic E-state index is -0.143. The van der Waals surface area contributed by atoms with E-state index < -0.39 is 0 Å². The smallest absolute Gasteiger partial charge is 0.123 e. The second-order valence-corrected chi connectivity index (χ2v) is 10.6.